The summed E-state index contributed by atoms with van der Waals surface area (Å²) in [6.07, 6.45) is 0. The van der Waals surface area contributed by atoms with Crippen LogP contribution in [0, 0.1) is 6.92 Å². The van der Waals surface area contributed by atoms with Crippen LogP contribution >= 0.6 is 0 Å². The minimum atomic E-state index is -3.70. The van der Waals surface area contributed by atoms with Crippen LogP contribution < -0.4 is 14.4 Å². The van der Waals surface area contributed by atoms with E-state index in [0.29, 0.717) is 11.4 Å². The van der Waals surface area contributed by atoms with E-state index in [-0.39, 0.29) is 17.4 Å². The third-order valence-corrected chi connectivity index (χ3v) is 5.71. The largest absolute Gasteiger partial charge is 0.484 e. The van der Waals surface area contributed by atoms with Crippen molar-refractivity contribution in [2.24, 2.45) is 0 Å². The summed E-state index contributed by atoms with van der Waals surface area (Å²) in [5.41, 5.74) is 2.30. The Morgan fingerprint density at radius 3 is 2.17 bits per heavy atom. The van der Waals surface area contributed by atoms with Crippen molar-refractivity contribution in [1.82, 2.24) is 0 Å². The fraction of sp³-hybridized carbons (Fsp3) is 0.136. The Hall–Kier alpha value is -3.32. The van der Waals surface area contributed by atoms with Crippen LogP contribution in [0.3, 0.4) is 0 Å². The molecule has 1 N–H and O–H groups in total. The van der Waals surface area contributed by atoms with Gasteiger partial charge in [0, 0.05) is 18.4 Å². The lowest BCUT2D eigenvalue weighted by Crippen LogP contribution is -2.31. The fourth-order valence-corrected chi connectivity index (χ4v) is 3.65. The number of benzene rings is 3. The van der Waals surface area contributed by atoms with Crippen molar-refractivity contribution < 1.29 is 17.9 Å². The van der Waals surface area contributed by atoms with Crippen LogP contribution in [0.15, 0.2) is 83.8 Å². The van der Waals surface area contributed by atoms with Crippen LogP contribution in [0.2, 0.25) is 0 Å². The van der Waals surface area contributed by atoms with E-state index in [1.165, 1.54) is 29.2 Å². The van der Waals surface area contributed by atoms with Crippen molar-refractivity contribution in [3.05, 3.63) is 84.4 Å². The normalized spacial score (nSPS) is 11.0. The molecule has 0 heterocycles. The molecule has 0 unspecified atom stereocenters. The number of aryl methyl sites for hydroxylation is 1. The highest BCUT2D eigenvalue weighted by Gasteiger charge is 2.15. The Labute approximate surface area is 170 Å². The van der Waals surface area contributed by atoms with E-state index in [2.05, 4.69) is 4.72 Å². The fourth-order valence-electron chi connectivity index (χ4n) is 2.59. The average Bonchev–Trinajstić information content (AvgIpc) is 2.74. The van der Waals surface area contributed by atoms with Crippen LogP contribution in [0.4, 0.5) is 11.4 Å². The number of para-hydroxylation sites is 1. The summed E-state index contributed by atoms with van der Waals surface area (Å²) < 4.78 is 33.0. The van der Waals surface area contributed by atoms with Crippen molar-refractivity contribution in [3.8, 4) is 5.75 Å². The molecule has 7 heteroatoms. The third-order valence-electron chi connectivity index (χ3n) is 4.32. The summed E-state index contributed by atoms with van der Waals surface area (Å²) in [4.78, 5) is 13.9. The number of sulfonamides is 1. The molecule has 3 aromatic rings. The number of ether oxygens (including phenoxy) is 1. The molecule has 150 valence electrons. The monoisotopic (exact) mass is 410 g/mol. The van der Waals surface area contributed by atoms with Gasteiger partial charge < -0.3 is 9.64 Å². The first-order chi connectivity index (χ1) is 13.8. The minimum Gasteiger partial charge on any atom is -0.484 e. The number of hydrogen-bond acceptors (Lipinski definition) is 4. The third kappa shape index (κ3) is 5.36. The molecule has 0 atom stereocenters. The zero-order valence-electron chi connectivity index (χ0n) is 16.2. The van der Waals surface area contributed by atoms with Crippen LogP contribution in [-0.4, -0.2) is 28.0 Å². The number of nitrogens with one attached hydrogen (secondary N) is 1. The highest BCUT2D eigenvalue weighted by Crippen LogP contribution is 2.20. The van der Waals surface area contributed by atoms with E-state index in [0.717, 1.165) is 11.3 Å². The van der Waals surface area contributed by atoms with E-state index < -0.39 is 10.0 Å². The molecule has 0 aliphatic rings. The van der Waals surface area contributed by atoms with Crippen LogP contribution in [0.25, 0.3) is 0 Å². The van der Waals surface area contributed by atoms with E-state index in [4.69, 9.17) is 4.74 Å². The van der Waals surface area contributed by atoms with Gasteiger partial charge in [0.25, 0.3) is 15.9 Å². The Kier molecular flexibility index (Phi) is 6.19. The van der Waals surface area contributed by atoms with Crippen molar-refractivity contribution in [2.45, 2.75) is 11.8 Å². The van der Waals surface area contributed by atoms with Crippen molar-refractivity contribution >= 4 is 27.3 Å². The van der Waals surface area contributed by atoms with Gasteiger partial charge in [0.05, 0.1) is 4.90 Å². The molecule has 0 aliphatic heterocycles. The van der Waals surface area contributed by atoms with Gasteiger partial charge in [0.2, 0.25) is 0 Å². The lowest BCUT2D eigenvalue weighted by atomic mass is 10.2. The van der Waals surface area contributed by atoms with Gasteiger partial charge in [-0.1, -0.05) is 35.9 Å². The molecule has 0 radical (unpaired) electrons. The molecule has 0 aromatic heterocycles. The quantitative estimate of drug-likeness (QED) is 0.642. The molecule has 3 rings (SSSR count). The topological polar surface area (TPSA) is 75.7 Å². The first kappa shape index (κ1) is 20.4. The average molecular weight is 410 g/mol. The molecule has 29 heavy (non-hydrogen) atoms. The van der Waals surface area contributed by atoms with Gasteiger partial charge in [-0.05, 0) is 55.5 Å². The second-order valence-electron chi connectivity index (χ2n) is 6.52. The summed E-state index contributed by atoms with van der Waals surface area (Å²) in [6.45, 7) is 1.78. The van der Waals surface area contributed by atoms with Crippen molar-refractivity contribution in [2.75, 3.05) is 23.3 Å². The Morgan fingerprint density at radius 2 is 1.55 bits per heavy atom. The van der Waals surface area contributed by atoms with E-state index >= 15 is 0 Å². The predicted octanol–water partition coefficient (Wildman–Crippen LogP) is 3.84. The Morgan fingerprint density at radius 1 is 0.931 bits per heavy atom. The van der Waals surface area contributed by atoms with Gasteiger partial charge in [-0.3, -0.25) is 9.52 Å². The van der Waals surface area contributed by atoms with Gasteiger partial charge in [-0.15, -0.1) is 0 Å². The zero-order valence-corrected chi connectivity index (χ0v) is 17.0. The number of likely N-dealkylation sites (N-methyl/N-ethyl adjacent to an activating group) is 1. The summed E-state index contributed by atoms with van der Waals surface area (Å²) in [6, 6.07) is 22.3. The number of amides is 1. The smallest absolute Gasteiger partial charge is 0.264 e. The maximum atomic E-state index is 12.5. The number of anilines is 2. The summed E-state index contributed by atoms with van der Waals surface area (Å²) >= 11 is 0. The van der Waals surface area contributed by atoms with Gasteiger partial charge in [0.15, 0.2) is 6.61 Å². The van der Waals surface area contributed by atoms with Gasteiger partial charge in [0.1, 0.15) is 5.75 Å². The second-order valence-corrected chi connectivity index (χ2v) is 8.20. The lowest BCUT2D eigenvalue weighted by Gasteiger charge is -2.17. The number of hydrogen-bond donors (Lipinski definition) is 1. The lowest BCUT2D eigenvalue weighted by molar-refractivity contribution is -0.120. The molecule has 0 saturated carbocycles. The molecule has 1 amide bonds. The number of nitrogens with zero attached hydrogens (tertiary/aromatic N) is 1. The van der Waals surface area contributed by atoms with E-state index in [1.54, 1.807) is 19.2 Å². The highest BCUT2D eigenvalue weighted by atomic mass is 32.2. The molecular weight excluding hydrogens is 388 g/mol. The maximum absolute atomic E-state index is 12.5. The molecule has 0 spiro atoms. The maximum Gasteiger partial charge on any atom is 0.264 e. The summed E-state index contributed by atoms with van der Waals surface area (Å²) in [7, 11) is -2.03. The number of carbonyl (C=O) groups excluding carboxylic acids is 1. The first-order valence-corrected chi connectivity index (χ1v) is 10.5. The Bertz CT molecular complexity index is 1060. The SMILES string of the molecule is Cc1ccc(NS(=O)(=O)c2ccc(OCC(=O)N(C)c3ccccc3)cc2)cc1. The standard InChI is InChI=1S/C22H22N2O4S/c1-17-8-10-18(11-9-17)23-29(26,27)21-14-12-20(13-15-21)28-16-22(25)24(2)19-6-4-3-5-7-19/h3-15,23H,16H2,1-2H3. The minimum absolute atomic E-state index is 0.109. The first-order valence-electron chi connectivity index (χ1n) is 8.99. The van der Waals surface area contributed by atoms with Crippen molar-refractivity contribution in [3.63, 3.8) is 0 Å². The summed E-state index contributed by atoms with van der Waals surface area (Å²) in [5.74, 6) is 0.197. The van der Waals surface area contributed by atoms with Crippen LogP contribution in [0.5, 0.6) is 5.75 Å². The van der Waals surface area contributed by atoms with Crippen molar-refractivity contribution in [1.29, 1.82) is 0 Å². The molecule has 3 aromatic carbocycles. The van der Waals surface area contributed by atoms with Crippen LogP contribution in [0.1, 0.15) is 5.56 Å². The molecular formula is C22H22N2O4S. The van der Waals surface area contributed by atoms with Gasteiger partial charge in [-0.2, -0.15) is 0 Å². The van der Waals surface area contributed by atoms with E-state index in [1.807, 2.05) is 49.4 Å². The highest BCUT2D eigenvalue weighted by molar-refractivity contribution is 7.92. The molecule has 6 nitrogen and oxygen atoms in total. The van der Waals surface area contributed by atoms with E-state index in [9.17, 15) is 13.2 Å². The summed E-state index contributed by atoms with van der Waals surface area (Å²) in [5, 5.41) is 0. The Balaban J connectivity index is 1.61. The van der Waals surface area contributed by atoms with Crippen LogP contribution in [-0.2, 0) is 14.8 Å². The number of rotatable bonds is 7. The van der Waals surface area contributed by atoms with Gasteiger partial charge >= 0.3 is 0 Å². The predicted molar refractivity (Wildman–Crippen MR) is 114 cm³/mol. The zero-order chi connectivity index (χ0) is 20.9. The van der Waals surface area contributed by atoms with Gasteiger partial charge in [-0.25, -0.2) is 8.42 Å². The molecule has 0 saturated heterocycles. The number of carbonyl (C=O) groups is 1. The molecule has 0 aliphatic carbocycles. The second kappa shape index (κ2) is 8.79. The molecule has 0 bridgehead atoms. The molecule has 0 fully saturated rings.